The van der Waals surface area contributed by atoms with E-state index in [1.165, 1.54) is 34.4 Å². The quantitative estimate of drug-likeness (QED) is 0.147. The highest BCUT2D eigenvalue weighted by molar-refractivity contribution is 8.44. The van der Waals surface area contributed by atoms with Gasteiger partial charge in [0.1, 0.15) is 48.1 Å². The maximum Gasteiger partial charge on any atom is 0.386 e. The number of fused-ring (bicyclic) bond motifs is 10. The molecular weight excluding hydrogens is 716 g/mol. The molecule has 0 radical (unpaired) electrons. The molecule has 22 heteroatoms. The van der Waals surface area contributed by atoms with Crippen LogP contribution in [-0.4, -0.2) is 89.0 Å². The Labute approximate surface area is 281 Å². The molecule has 14 bridgehead atoms. The summed E-state index contributed by atoms with van der Waals surface area (Å²) in [6.45, 7) is -9.95. The maximum absolute atomic E-state index is 16.2. The number of rotatable bonds is 0. The van der Waals surface area contributed by atoms with Crippen molar-refractivity contribution in [2.45, 2.75) is 74.9 Å². The molecule has 5 aliphatic heterocycles. The van der Waals surface area contributed by atoms with Gasteiger partial charge in [0.25, 0.3) is 0 Å². The summed E-state index contributed by atoms with van der Waals surface area (Å²) >= 11 is 8.13. The smallest absolute Gasteiger partial charge is 0.346 e. The normalized spacial score (nSPS) is 38.3. The zero-order valence-corrected chi connectivity index (χ0v) is 28.3. The molecule has 0 aromatic carbocycles. The predicted molar refractivity (Wildman–Crippen MR) is 169 cm³/mol. The van der Waals surface area contributed by atoms with Gasteiger partial charge in [0.15, 0.2) is 36.1 Å². The Kier molecular flexibility index (Phi) is 8.71. The van der Waals surface area contributed by atoms with E-state index in [2.05, 4.69) is 54.4 Å². The minimum Gasteiger partial charge on any atom is -0.346 e. The van der Waals surface area contributed by atoms with Crippen LogP contribution in [0.5, 0.6) is 0 Å². The van der Waals surface area contributed by atoms with Gasteiger partial charge in [-0.3, -0.25) is 27.2 Å². The van der Waals surface area contributed by atoms with Crippen LogP contribution in [0, 0.1) is 0 Å². The highest BCUT2D eigenvalue weighted by Crippen LogP contribution is 2.60. The summed E-state index contributed by atoms with van der Waals surface area (Å²) < 4.78 is 96.3. The topological polar surface area (TPSA) is 177 Å². The fourth-order valence-electron chi connectivity index (χ4n) is 6.27. The fourth-order valence-corrected chi connectivity index (χ4v) is 9.24. The van der Waals surface area contributed by atoms with E-state index in [1.54, 1.807) is 0 Å². The first-order valence-electron chi connectivity index (χ1n) is 15.0. The van der Waals surface area contributed by atoms with E-state index in [-0.39, 0.29) is 0 Å². The van der Waals surface area contributed by atoms with Crippen LogP contribution in [0.1, 0.15) is 36.7 Å². The number of ether oxygens (including phenoxy) is 2. The van der Waals surface area contributed by atoms with Crippen molar-refractivity contribution >= 4 is 60.4 Å². The standard InChI is InChI=1S/C26H28F2N8O8P2S2/c27-17-21-15-7-39-46(38,48)44-22-16(8-40-45(37,47)43-21)42-26(18(22)28)36-12-34-20-14(30-10-32-24(20)36)6-4-2-1-3-5-13-19-23(31-9-29-13)35(11-33-19)25(17)41-15/h1-2,9-12,15-18,21-22,25-26H,3-8H2,(H,37,47)(H,38,48)/b2-1+/t15?,16?,17-,18-,21-,22-,25?,26?,45-,46+/m1/s1. The predicted octanol–water partition coefficient (Wildman–Crippen LogP) is 4.47. The van der Waals surface area contributed by atoms with Crippen LogP contribution in [0.4, 0.5) is 8.78 Å². The van der Waals surface area contributed by atoms with E-state index in [0.29, 0.717) is 59.4 Å². The van der Waals surface area contributed by atoms with Crippen molar-refractivity contribution in [2.75, 3.05) is 13.2 Å². The highest BCUT2D eigenvalue weighted by atomic mass is 32.7. The van der Waals surface area contributed by atoms with Crippen molar-refractivity contribution in [1.82, 2.24) is 39.0 Å². The number of alkyl halides is 2. The Morgan fingerprint density at radius 2 is 1.12 bits per heavy atom. The molecule has 4 aromatic rings. The van der Waals surface area contributed by atoms with E-state index >= 15 is 8.78 Å². The summed E-state index contributed by atoms with van der Waals surface area (Å²) in [6, 6.07) is 0. The first-order valence-corrected chi connectivity index (χ1v) is 20.4. The van der Waals surface area contributed by atoms with Gasteiger partial charge in [-0.1, -0.05) is 36.6 Å². The molecule has 4 aromatic heterocycles. The van der Waals surface area contributed by atoms with E-state index in [4.69, 9.17) is 27.6 Å². The van der Waals surface area contributed by atoms with Gasteiger partial charge < -0.3 is 9.47 Å². The number of nitrogens with zero attached hydrogens (tertiary/aromatic N) is 8. The lowest BCUT2D eigenvalue weighted by Gasteiger charge is -2.28. The lowest BCUT2D eigenvalue weighted by molar-refractivity contribution is -0.0544. The second kappa shape index (κ2) is 12.7. The monoisotopic (exact) mass is 744 g/mol. The molecule has 256 valence electrons. The Morgan fingerprint density at radius 1 is 0.688 bits per heavy atom. The van der Waals surface area contributed by atoms with E-state index in [1.807, 2.05) is 12.2 Å². The van der Waals surface area contributed by atoms with Crippen LogP contribution in [-0.2, 0) is 49.5 Å². The van der Waals surface area contributed by atoms with Gasteiger partial charge in [-0.25, -0.2) is 47.8 Å². The van der Waals surface area contributed by atoms with Crippen LogP contribution in [0.2, 0.25) is 0 Å². The third-order valence-electron chi connectivity index (χ3n) is 8.53. The van der Waals surface area contributed by atoms with Gasteiger partial charge in [0, 0.05) is 0 Å². The summed E-state index contributed by atoms with van der Waals surface area (Å²) in [7, 11) is 0. The third-order valence-corrected chi connectivity index (χ3v) is 11.8. The largest absolute Gasteiger partial charge is 0.386 e. The van der Waals surface area contributed by atoms with E-state index in [0.717, 1.165) is 0 Å². The summed E-state index contributed by atoms with van der Waals surface area (Å²) in [5.74, 6) is 0. The Morgan fingerprint density at radius 3 is 1.56 bits per heavy atom. The van der Waals surface area contributed by atoms with Gasteiger partial charge in [0.2, 0.25) is 0 Å². The van der Waals surface area contributed by atoms with Gasteiger partial charge in [-0.2, -0.15) is 0 Å². The van der Waals surface area contributed by atoms with Gasteiger partial charge >= 0.3 is 13.6 Å². The number of imidazole rings is 2. The van der Waals surface area contributed by atoms with Crippen molar-refractivity contribution in [2.24, 2.45) is 0 Å². The number of hydrogen-bond donors (Lipinski definition) is 2. The molecule has 48 heavy (non-hydrogen) atoms. The minimum atomic E-state index is -4.37. The van der Waals surface area contributed by atoms with E-state index in [9.17, 15) is 9.13 Å². The lowest BCUT2D eigenvalue weighted by atomic mass is 10.1. The molecule has 3 fully saturated rings. The molecular formula is C26H28F2N8O8P2S2. The molecule has 0 amide bonds. The summed E-state index contributed by atoms with van der Waals surface area (Å²) in [6.07, 6.45) is -0.789. The molecule has 5 aliphatic rings. The number of hydrogen-bond acceptors (Lipinski definition) is 14. The highest BCUT2D eigenvalue weighted by Gasteiger charge is 2.54. The maximum atomic E-state index is 16.2. The number of thiol groups is 2. The lowest BCUT2D eigenvalue weighted by Crippen LogP contribution is -2.36. The number of allylic oxidation sites excluding steroid dienone is 2. The van der Waals surface area contributed by atoms with Gasteiger partial charge in [0.05, 0.1) is 37.3 Å². The fraction of sp³-hybridized carbons (Fsp3) is 0.538. The summed E-state index contributed by atoms with van der Waals surface area (Å²) in [5, 5.41) is 0. The second-order valence-electron chi connectivity index (χ2n) is 11.5. The average Bonchev–Trinajstić information content (AvgIpc) is 3.81. The Balaban J connectivity index is 1.21. The molecule has 0 N–H and O–H groups in total. The molecule has 4 unspecified atom stereocenters. The molecule has 0 spiro atoms. The van der Waals surface area contributed by atoms with Crippen LogP contribution in [0.25, 0.3) is 22.3 Å². The van der Waals surface area contributed by atoms with Crippen molar-refractivity contribution in [3.05, 3.63) is 48.8 Å². The Bertz CT molecular complexity index is 1850. The molecule has 16 nitrogen and oxygen atoms in total. The third kappa shape index (κ3) is 6.03. The van der Waals surface area contributed by atoms with Crippen LogP contribution >= 0.6 is 38.1 Å². The van der Waals surface area contributed by atoms with E-state index < -0.39 is 76.0 Å². The van der Waals surface area contributed by atoms with Gasteiger partial charge in [-0.15, -0.1) is 0 Å². The number of aryl methyl sites for hydroxylation is 2. The second-order valence-corrected chi connectivity index (χ2v) is 17.3. The van der Waals surface area contributed by atoms with Crippen molar-refractivity contribution < 1.29 is 45.5 Å². The first-order chi connectivity index (χ1) is 23.1. The van der Waals surface area contributed by atoms with Crippen LogP contribution in [0.15, 0.2) is 37.5 Å². The van der Waals surface area contributed by atoms with Gasteiger partial charge in [-0.05, 0) is 25.7 Å². The number of halogens is 2. The zero-order chi connectivity index (χ0) is 33.2. The minimum absolute atomic E-state index is 0.290. The molecule has 3 saturated heterocycles. The average molecular weight is 745 g/mol. The van der Waals surface area contributed by atoms with Crippen LogP contribution < -0.4 is 0 Å². The molecule has 9 heterocycles. The summed E-state index contributed by atoms with van der Waals surface area (Å²) in [5.41, 5.74) is 2.75. The van der Waals surface area contributed by atoms with Crippen molar-refractivity contribution in [3.63, 3.8) is 0 Å². The summed E-state index contributed by atoms with van der Waals surface area (Å²) in [4.78, 5) is 26.2. The van der Waals surface area contributed by atoms with Crippen LogP contribution in [0.3, 0.4) is 0 Å². The Hall–Kier alpha value is -2.38. The SMILES string of the molecule is O=[P@]1(S)OCC2OC3[C@H](F)[C@@H]2O[P@](=O)(S)OCC2OC([C@H](F)[C@@H]2O1)n1cnc2c(ncnc21)CC/C=C/CCc1ncnc2c1ncn23. The molecule has 10 atom stereocenters. The number of aromatic nitrogens is 8. The van der Waals surface area contributed by atoms with Crippen molar-refractivity contribution in [1.29, 1.82) is 0 Å². The molecule has 0 aliphatic carbocycles. The molecule has 9 rings (SSSR count). The first kappa shape index (κ1) is 32.8. The molecule has 0 saturated carbocycles. The van der Waals surface area contributed by atoms with Crippen molar-refractivity contribution in [3.8, 4) is 0 Å². The zero-order valence-electron chi connectivity index (χ0n) is 24.7.